The monoisotopic (exact) mass is 248 g/mol. The Morgan fingerprint density at radius 3 is 2.56 bits per heavy atom. The van der Waals surface area contributed by atoms with Gasteiger partial charge in [0.25, 0.3) is 0 Å². The van der Waals surface area contributed by atoms with Gasteiger partial charge in [-0.2, -0.15) is 0 Å². The van der Waals surface area contributed by atoms with Crippen LogP contribution in [-0.4, -0.2) is 10.1 Å². The summed E-state index contributed by atoms with van der Waals surface area (Å²) in [6.45, 7) is 6.60. The van der Waals surface area contributed by atoms with Crippen LogP contribution in [0.4, 0.5) is 5.82 Å². The molecule has 18 heavy (non-hydrogen) atoms. The fourth-order valence-electron chi connectivity index (χ4n) is 2.95. The smallest absolute Gasteiger partial charge is 0.129 e. The van der Waals surface area contributed by atoms with Gasteiger partial charge in [0.15, 0.2) is 0 Å². The molecule has 1 aromatic rings. The zero-order valence-corrected chi connectivity index (χ0v) is 11.6. The predicted molar refractivity (Wildman–Crippen MR) is 74.1 cm³/mol. The number of nitrogens with two attached hydrogens (primary N) is 1. The Morgan fingerprint density at radius 2 is 2.00 bits per heavy atom. The van der Waals surface area contributed by atoms with Gasteiger partial charge in [0.1, 0.15) is 5.82 Å². The molecule has 1 fully saturated rings. The lowest BCUT2D eigenvalue weighted by atomic mass is 9.70. The van der Waals surface area contributed by atoms with Crippen LogP contribution in [0.15, 0.2) is 12.3 Å². The van der Waals surface area contributed by atoms with Crippen molar-refractivity contribution in [1.29, 1.82) is 0 Å². The Kier molecular flexibility index (Phi) is 3.62. The Hall–Kier alpha value is -1.09. The number of aliphatic hydroxyl groups excluding tert-OH is 1. The van der Waals surface area contributed by atoms with Crippen LogP contribution in [0.1, 0.15) is 56.8 Å². The van der Waals surface area contributed by atoms with E-state index in [2.05, 4.69) is 18.8 Å². The van der Waals surface area contributed by atoms with Gasteiger partial charge < -0.3 is 10.8 Å². The van der Waals surface area contributed by atoms with E-state index in [1.54, 1.807) is 6.20 Å². The van der Waals surface area contributed by atoms with E-state index < -0.39 is 6.10 Å². The number of hydrogen-bond donors (Lipinski definition) is 2. The van der Waals surface area contributed by atoms with Crippen LogP contribution in [0.2, 0.25) is 0 Å². The molecule has 0 bridgehead atoms. The molecule has 3 heteroatoms. The van der Waals surface area contributed by atoms with Gasteiger partial charge in [-0.15, -0.1) is 0 Å². The molecule has 1 saturated carbocycles. The van der Waals surface area contributed by atoms with Crippen molar-refractivity contribution in [3.63, 3.8) is 0 Å². The maximum absolute atomic E-state index is 10.6. The van der Waals surface area contributed by atoms with Crippen molar-refractivity contribution >= 4 is 5.82 Å². The summed E-state index contributed by atoms with van der Waals surface area (Å²) in [7, 11) is 0. The highest BCUT2D eigenvalue weighted by atomic mass is 16.3. The van der Waals surface area contributed by atoms with Crippen LogP contribution >= 0.6 is 0 Å². The average Bonchev–Trinajstić information content (AvgIpc) is 2.28. The summed E-state index contributed by atoms with van der Waals surface area (Å²) in [6.07, 6.45) is 5.73. The number of anilines is 1. The van der Waals surface area contributed by atoms with Crippen LogP contribution in [-0.2, 0) is 0 Å². The number of nitrogen functional groups attached to an aromatic ring is 1. The van der Waals surface area contributed by atoms with Crippen LogP contribution in [0.5, 0.6) is 0 Å². The Bertz CT molecular complexity index is 398. The molecule has 0 aliphatic heterocycles. The first kappa shape index (κ1) is 13.3. The lowest BCUT2D eigenvalue weighted by molar-refractivity contribution is 0.0566. The van der Waals surface area contributed by atoms with Crippen molar-refractivity contribution in [1.82, 2.24) is 4.98 Å². The summed E-state index contributed by atoms with van der Waals surface area (Å²) < 4.78 is 0. The highest BCUT2D eigenvalue weighted by molar-refractivity contribution is 5.45. The first-order valence-corrected chi connectivity index (χ1v) is 6.80. The highest BCUT2D eigenvalue weighted by Gasteiger charge is 2.32. The lowest BCUT2D eigenvalue weighted by Crippen LogP contribution is -2.26. The topological polar surface area (TPSA) is 59.1 Å². The predicted octanol–water partition coefficient (Wildman–Crippen LogP) is 3.22. The molecule has 1 unspecified atom stereocenters. The molecular formula is C15H24N2O. The Balaban J connectivity index is 2.15. The fraction of sp³-hybridized carbons (Fsp3) is 0.667. The van der Waals surface area contributed by atoms with Crippen LogP contribution in [0, 0.1) is 18.3 Å². The SMILES string of the molecule is Cc1ccnc(N)c1C(O)C1CCC(C)(C)CC1. The zero-order chi connectivity index (χ0) is 13.3. The van der Waals surface area contributed by atoms with Gasteiger partial charge in [-0.25, -0.2) is 4.98 Å². The molecule has 0 aromatic carbocycles. The van der Waals surface area contributed by atoms with E-state index in [-0.39, 0.29) is 0 Å². The molecule has 3 N–H and O–H groups in total. The van der Waals surface area contributed by atoms with Gasteiger partial charge in [-0.05, 0) is 55.6 Å². The van der Waals surface area contributed by atoms with Crippen LogP contribution in [0.3, 0.4) is 0 Å². The van der Waals surface area contributed by atoms with E-state index in [9.17, 15) is 5.11 Å². The number of aryl methyl sites for hydroxylation is 1. The number of aliphatic hydroxyl groups is 1. The zero-order valence-electron chi connectivity index (χ0n) is 11.6. The van der Waals surface area contributed by atoms with E-state index in [4.69, 9.17) is 5.73 Å². The fourth-order valence-corrected chi connectivity index (χ4v) is 2.95. The summed E-state index contributed by atoms with van der Waals surface area (Å²) in [5.74, 6) is 0.801. The molecule has 2 rings (SSSR count). The van der Waals surface area contributed by atoms with Crippen molar-refractivity contribution in [3.05, 3.63) is 23.4 Å². The number of rotatable bonds is 2. The first-order valence-electron chi connectivity index (χ1n) is 6.80. The van der Waals surface area contributed by atoms with Gasteiger partial charge in [0, 0.05) is 11.8 Å². The maximum atomic E-state index is 10.6. The van der Waals surface area contributed by atoms with Crippen molar-refractivity contribution in [3.8, 4) is 0 Å². The molecular weight excluding hydrogens is 224 g/mol. The third kappa shape index (κ3) is 2.66. The summed E-state index contributed by atoms with van der Waals surface area (Å²) in [6, 6.07) is 1.92. The van der Waals surface area contributed by atoms with E-state index >= 15 is 0 Å². The number of aromatic nitrogens is 1. The molecule has 3 nitrogen and oxygen atoms in total. The van der Waals surface area contributed by atoms with Crippen molar-refractivity contribution in [2.75, 3.05) is 5.73 Å². The standard InChI is InChI=1S/C15H24N2O/c1-10-6-9-17-14(16)12(10)13(18)11-4-7-15(2,3)8-5-11/h6,9,11,13,18H,4-5,7-8H2,1-3H3,(H2,16,17). The minimum atomic E-state index is -0.463. The summed E-state index contributed by atoms with van der Waals surface area (Å²) in [5.41, 5.74) is 8.21. The quantitative estimate of drug-likeness (QED) is 0.844. The van der Waals surface area contributed by atoms with Gasteiger partial charge in [-0.3, -0.25) is 0 Å². The van der Waals surface area contributed by atoms with Gasteiger partial charge in [0.05, 0.1) is 6.10 Å². The Morgan fingerprint density at radius 1 is 1.39 bits per heavy atom. The molecule has 0 spiro atoms. The van der Waals surface area contributed by atoms with Crippen molar-refractivity contribution in [2.24, 2.45) is 11.3 Å². The first-order chi connectivity index (χ1) is 8.41. The van der Waals surface area contributed by atoms with Crippen LogP contribution in [0.25, 0.3) is 0 Å². The van der Waals surface area contributed by atoms with E-state index in [1.165, 1.54) is 12.8 Å². The molecule has 0 amide bonds. The molecule has 1 aliphatic rings. The Labute approximate surface area is 109 Å². The van der Waals surface area contributed by atoms with Gasteiger partial charge in [0.2, 0.25) is 0 Å². The lowest BCUT2D eigenvalue weighted by Gasteiger charge is -2.36. The minimum Gasteiger partial charge on any atom is -0.388 e. The maximum Gasteiger partial charge on any atom is 0.129 e. The largest absolute Gasteiger partial charge is 0.388 e. The van der Waals surface area contributed by atoms with Gasteiger partial charge >= 0.3 is 0 Å². The second kappa shape index (κ2) is 4.88. The van der Waals surface area contributed by atoms with Crippen molar-refractivity contribution < 1.29 is 5.11 Å². The van der Waals surface area contributed by atoms with E-state index in [0.717, 1.165) is 24.0 Å². The van der Waals surface area contributed by atoms with E-state index in [1.807, 2.05) is 13.0 Å². The second-order valence-corrected chi connectivity index (χ2v) is 6.37. The summed E-state index contributed by atoms with van der Waals surface area (Å²) in [5, 5.41) is 10.6. The molecule has 1 heterocycles. The minimum absolute atomic E-state index is 0.322. The third-order valence-electron chi connectivity index (χ3n) is 4.37. The number of hydrogen-bond acceptors (Lipinski definition) is 3. The van der Waals surface area contributed by atoms with E-state index in [0.29, 0.717) is 17.2 Å². The number of pyridine rings is 1. The summed E-state index contributed by atoms with van der Waals surface area (Å²) >= 11 is 0. The molecule has 0 saturated heterocycles. The summed E-state index contributed by atoms with van der Waals surface area (Å²) in [4.78, 5) is 4.10. The highest BCUT2D eigenvalue weighted by Crippen LogP contribution is 2.43. The number of nitrogens with zero attached hydrogens (tertiary/aromatic N) is 1. The molecule has 100 valence electrons. The molecule has 1 aromatic heterocycles. The normalized spacial score (nSPS) is 21.8. The van der Waals surface area contributed by atoms with Crippen molar-refractivity contribution in [2.45, 2.75) is 52.6 Å². The molecule has 1 atom stereocenters. The average molecular weight is 248 g/mol. The third-order valence-corrected chi connectivity index (χ3v) is 4.37. The molecule has 0 radical (unpaired) electrons. The second-order valence-electron chi connectivity index (χ2n) is 6.37. The van der Waals surface area contributed by atoms with Gasteiger partial charge in [-0.1, -0.05) is 13.8 Å². The molecule has 1 aliphatic carbocycles. The van der Waals surface area contributed by atoms with Crippen LogP contribution < -0.4 is 5.73 Å².